The predicted molar refractivity (Wildman–Crippen MR) is 116 cm³/mol. The Morgan fingerprint density at radius 2 is 1.94 bits per heavy atom. The second-order valence-corrected chi connectivity index (χ2v) is 7.52. The molecule has 1 heterocycles. The van der Waals surface area contributed by atoms with Crippen molar-refractivity contribution >= 4 is 34.9 Å². The Morgan fingerprint density at radius 1 is 1.26 bits per heavy atom. The molecule has 0 fully saturated rings. The van der Waals surface area contributed by atoms with Crippen molar-refractivity contribution in [3.8, 4) is 5.75 Å². The van der Waals surface area contributed by atoms with Gasteiger partial charge in [-0.3, -0.25) is 9.89 Å². The number of H-pyrrole nitrogens is 1. The van der Waals surface area contributed by atoms with E-state index in [-0.39, 0.29) is 29.1 Å². The minimum Gasteiger partial charge on any atom is -0.490 e. The number of urea groups is 1. The molecule has 0 saturated carbocycles. The summed E-state index contributed by atoms with van der Waals surface area (Å²) in [6.45, 7) is 8.03. The van der Waals surface area contributed by atoms with Crippen molar-refractivity contribution in [1.29, 1.82) is 0 Å². The first-order valence-corrected chi connectivity index (χ1v) is 10.1. The molecule has 0 unspecified atom stereocenters. The summed E-state index contributed by atoms with van der Waals surface area (Å²) in [4.78, 5) is 26.3. The molecule has 3 N–H and O–H groups in total. The van der Waals surface area contributed by atoms with Gasteiger partial charge in [-0.15, -0.1) is 0 Å². The molecule has 0 spiro atoms. The van der Waals surface area contributed by atoms with Gasteiger partial charge in [-0.1, -0.05) is 11.6 Å². The average Bonchev–Trinajstić information content (AvgIpc) is 2.99. The quantitative estimate of drug-likeness (QED) is 0.528. The van der Waals surface area contributed by atoms with E-state index in [4.69, 9.17) is 16.3 Å². The van der Waals surface area contributed by atoms with Gasteiger partial charge in [0.2, 0.25) is 0 Å². The summed E-state index contributed by atoms with van der Waals surface area (Å²) < 4.78 is 31.2. The number of aromatic amines is 1. The fourth-order valence-electron chi connectivity index (χ4n) is 2.79. The van der Waals surface area contributed by atoms with Crippen LogP contribution < -0.4 is 15.4 Å². The lowest BCUT2D eigenvalue weighted by Gasteiger charge is -2.22. The van der Waals surface area contributed by atoms with E-state index in [0.717, 1.165) is 4.90 Å². The standard InChI is InChI=1S/C20H26ClF2N5O3/c1-6-28(9-16(22)23)20(30)24-14-8-15(31-10(2)3)13(7-11(14)4)19(29)25-17-12(5)26-27-18(17)21/h7-8,10,16H,6,9H2,1-5H3,(H,24,30)(H,25,29)(H,26,27). The van der Waals surface area contributed by atoms with Gasteiger partial charge in [0.15, 0.2) is 5.15 Å². The van der Waals surface area contributed by atoms with Crippen molar-refractivity contribution < 1.29 is 23.1 Å². The third kappa shape index (κ3) is 6.30. The van der Waals surface area contributed by atoms with Crippen LogP contribution in [0.3, 0.4) is 0 Å². The van der Waals surface area contributed by atoms with Crippen LogP contribution >= 0.6 is 11.6 Å². The van der Waals surface area contributed by atoms with Crippen LogP contribution in [-0.2, 0) is 0 Å². The first-order chi connectivity index (χ1) is 14.5. The van der Waals surface area contributed by atoms with Crippen molar-refractivity contribution in [3.05, 3.63) is 34.1 Å². The number of ether oxygens (including phenoxy) is 1. The first-order valence-electron chi connectivity index (χ1n) is 9.70. The van der Waals surface area contributed by atoms with Gasteiger partial charge in [-0.25, -0.2) is 13.6 Å². The Labute approximate surface area is 184 Å². The Bertz CT molecular complexity index is 930. The second kappa shape index (κ2) is 10.4. The number of alkyl halides is 2. The number of rotatable bonds is 8. The summed E-state index contributed by atoms with van der Waals surface area (Å²) in [5.41, 5.74) is 2.06. The zero-order chi connectivity index (χ0) is 23.3. The minimum absolute atomic E-state index is 0.121. The predicted octanol–water partition coefficient (Wildman–Crippen LogP) is 4.84. The van der Waals surface area contributed by atoms with Gasteiger partial charge in [0.25, 0.3) is 12.3 Å². The molecular formula is C20H26ClF2N5O3. The summed E-state index contributed by atoms with van der Waals surface area (Å²) in [7, 11) is 0. The summed E-state index contributed by atoms with van der Waals surface area (Å²) in [6.07, 6.45) is -2.90. The van der Waals surface area contributed by atoms with Gasteiger partial charge in [0.05, 0.1) is 23.9 Å². The van der Waals surface area contributed by atoms with Crippen LogP contribution in [0.25, 0.3) is 0 Å². The van der Waals surface area contributed by atoms with Crippen LogP contribution in [0.2, 0.25) is 5.15 Å². The highest BCUT2D eigenvalue weighted by atomic mass is 35.5. The molecule has 0 aliphatic carbocycles. The largest absolute Gasteiger partial charge is 0.490 e. The highest BCUT2D eigenvalue weighted by molar-refractivity contribution is 6.33. The second-order valence-electron chi connectivity index (χ2n) is 7.16. The number of carbonyl (C=O) groups excluding carboxylic acids is 2. The number of amides is 3. The molecule has 8 nitrogen and oxygen atoms in total. The van der Waals surface area contributed by atoms with E-state index < -0.39 is 24.9 Å². The number of hydrogen-bond donors (Lipinski definition) is 3. The monoisotopic (exact) mass is 457 g/mol. The fraction of sp³-hybridized carbons (Fsp3) is 0.450. The van der Waals surface area contributed by atoms with Gasteiger partial charge >= 0.3 is 6.03 Å². The molecule has 2 rings (SSSR count). The van der Waals surface area contributed by atoms with Crippen LogP contribution in [0.1, 0.15) is 42.4 Å². The maximum absolute atomic E-state index is 12.9. The lowest BCUT2D eigenvalue weighted by molar-refractivity contribution is 0.102. The normalized spacial score (nSPS) is 11.0. The Kier molecular flexibility index (Phi) is 8.21. The van der Waals surface area contributed by atoms with Gasteiger partial charge in [0.1, 0.15) is 11.4 Å². The highest BCUT2D eigenvalue weighted by Gasteiger charge is 2.22. The van der Waals surface area contributed by atoms with Crippen LogP contribution in [0, 0.1) is 13.8 Å². The first kappa shape index (κ1) is 24.4. The van der Waals surface area contributed by atoms with Crippen molar-refractivity contribution in [1.82, 2.24) is 15.1 Å². The lowest BCUT2D eigenvalue weighted by atomic mass is 10.1. The van der Waals surface area contributed by atoms with E-state index in [1.807, 2.05) is 0 Å². The number of hydrogen-bond acceptors (Lipinski definition) is 4. The SMILES string of the molecule is CCN(CC(F)F)C(=O)Nc1cc(OC(C)C)c(C(=O)Nc2c(Cl)n[nH]c2C)cc1C. The van der Waals surface area contributed by atoms with Gasteiger partial charge in [0, 0.05) is 18.3 Å². The lowest BCUT2D eigenvalue weighted by Crippen LogP contribution is -2.38. The number of anilines is 2. The van der Waals surface area contributed by atoms with E-state index in [0.29, 0.717) is 22.6 Å². The molecule has 0 saturated heterocycles. The van der Waals surface area contributed by atoms with Crippen molar-refractivity contribution in [2.45, 2.75) is 47.1 Å². The number of aryl methyl sites for hydroxylation is 2. The minimum atomic E-state index is -2.64. The summed E-state index contributed by atoms with van der Waals surface area (Å²) in [5.74, 6) is -0.251. The number of aromatic nitrogens is 2. The van der Waals surface area contributed by atoms with E-state index >= 15 is 0 Å². The molecule has 0 radical (unpaired) electrons. The van der Waals surface area contributed by atoms with Crippen molar-refractivity contribution in [2.75, 3.05) is 23.7 Å². The molecule has 0 aliphatic heterocycles. The van der Waals surface area contributed by atoms with Crippen LogP contribution in [-0.4, -0.2) is 52.7 Å². The zero-order valence-corrected chi connectivity index (χ0v) is 18.7. The average molecular weight is 458 g/mol. The molecule has 170 valence electrons. The molecular weight excluding hydrogens is 432 g/mol. The smallest absolute Gasteiger partial charge is 0.322 e. The van der Waals surface area contributed by atoms with E-state index in [9.17, 15) is 18.4 Å². The number of nitrogens with zero attached hydrogens (tertiary/aromatic N) is 2. The maximum Gasteiger partial charge on any atom is 0.322 e. The molecule has 31 heavy (non-hydrogen) atoms. The highest BCUT2D eigenvalue weighted by Crippen LogP contribution is 2.30. The zero-order valence-electron chi connectivity index (χ0n) is 18.0. The van der Waals surface area contributed by atoms with Gasteiger partial charge in [-0.05, 0) is 46.2 Å². The Balaban J connectivity index is 2.35. The van der Waals surface area contributed by atoms with Crippen LogP contribution in [0.5, 0.6) is 5.75 Å². The third-order valence-electron chi connectivity index (χ3n) is 4.34. The number of benzene rings is 1. The van der Waals surface area contributed by atoms with E-state index in [1.54, 1.807) is 40.7 Å². The van der Waals surface area contributed by atoms with Crippen molar-refractivity contribution in [3.63, 3.8) is 0 Å². The molecule has 0 atom stereocenters. The molecule has 2 aromatic rings. The number of nitrogens with one attached hydrogen (secondary N) is 3. The number of halogens is 3. The third-order valence-corrected chi connectivity index (χ3v) is 4.62. The number of carbonyl (C=O) groups is 2. The van der Waals surface area contributed by atoms with Gasteiger partial charge in [-0.2, -0.15) is 5.10 Å². The fourth-order valence-corrected chi connectivity index (χ4v) is 3.02. The maximum atomic E-state index is 12.9. The molecule has 1 aromatic heterocycles. The van der Waals surface area contributed by atoms with Gasteiger partial charge < -0.3 is 20.3 Å². The topological polar surface area (TPSA) is 99.3 Å². The van der Waals surface area contributed by atoms with Crippen LogP contribution in [0.4, 0.5) is 25.0 Å². The molecule has 0 aliphatic rings. The molecule has 3 amide bonds. The van der Waals surface area contributed by atoms with E-state index in [2.05, 4.69) is 20.8 Å². The summed E-state index contributed by atoms with van der Waals surface area (Å²) in [5, 5.41) is 11.9. The van der Waals surface area contributed by atoms with E-state index in [1.165, 1.54) is 6.07 Å². The summed E-state index contributed by atoms with van der Waals surface area (Å²) >= 11 is 6.00. The Hall–Kier alpha value is -2.88. The molecule has 1 aromatic carbocycles. The Morgan fingerprint density at radius 3 is 2.45 bits per heavy atom. The summed E-state index contributed by atoms with van der Waals surface area (Å²) in [6, 6.07) is 2.39. The van der Waals surface area contributed by atoms with Crippen molar-refractivity contribution in [2.24, 2.45) is 0 Å². The molecule has 0 bridgehead atoms. The van der Waals surface area contributed by atoms with Crippen LogP contribution in [0.15, 0.2) is 12.1 Å². The molecule has 11 heteroatoms.